The van der Waals surface area contributed by atoms with E-state index in [9.17, 15) is 0 Å². The lowest BCUT2D eigenvalue weighted by Crippen LogP contribution is -2.38. The number of benzene rings is 1. The van der Waals surface area contributed by atoms with Crippen molar-refractivity contribution in [2.24, 2.45) is 4.99 Å². The summed E-state index contributed by atoms with van der Waals surface area (Å²) in [4.78, 5) is 6.69. The summed E-state index contributed by atoms with van der Waals surface area (Å²) in [5, 5.41) is 3.30. The topological polar surface area (TPSA) is 50.0 Å². The van der Waals surface area contributed by atoms with E-state index in [2.05, 4.69) is 34.3 Å². The SMILES string of the molecule is CCNC(=NCc1ccco1)N(C)Cc1ccc(OC)cc1. The molecule has 0 spiro atoms. The number of guanidine groups is 1. The first-order valence-electron chi connectivity index (χ1n) is 7.37. The minimum atomic E-state index is 0.530. The van der Waals surface area contributed by atoms with Gasteiger partial charge in [-0.2, -0.15) is 0 Å². The first-order valence-corrected chi connectivity index (χ1v) is 7.37. The van der Waals surface area contributed by atoms with Crippen molar-refractivity contribution in [2.75, 3.05) is 20.7 Å². The number of nitrogens with zero attached hydrogens (tertiary/aromatic N) is 2. The summed E-state index contributed by atoms with van der Waals surface area (Å²) in [7, 11) is 3.69. The molecule has 0 bridgehead atoms. The third kappa shape index (κ3) is 4.55. The van der Waals surface area contributed by atoms with Gasteiger partial charge in [-0.05, 0) is 36.8 Å². The van der Waals surface area contributed by atoms with Crippen LogP contribution in [0.25, 0.3) is 0 Å². The lowest BCUT2D eigenvalue weighted by Gasteiger charge is -2.22. The zero-order valence-electron chi connectivity index (χ0n) is 13.4. The Kier molecular flexibility index (Phi) is 5.89. The van der Waals surface area contributed by atoms with Crippen LogP contribution in [0.1, 0.15) is 18.2 Å². The first kappa shape index (κ1) is 15.9. The van der Waals surface area contributed by atoms with Crippen molar-refractivity contribution < 1.29 is 9.15 Å². The van der Waals surface area contributed by atoms with Crippen LogP contribution in [0.4, 0.5) is 0 Å². The maximum absolute atomic E-state index is 5.32. The first-order chi connectivity index (χ1) is 10.7. The van der Waals surface area contributed by atoms with Crippen molar-refractivity contribution in [1.82, 2.24) is 10.2 Å². The zero-order chi connectivity index (χ0) is 15.8. The fourth-order valence-corrected chi connectivity index (χ4v) is 2.10. The van der Waals surface area contributed by atoms with Gasteiger partial charge in [-0.1, -0.05) is 12.1 Å². The van der Waals surface area contributed by atoms with Crippen molar-refractivity contribution in [3.8, 4) is 5.75 Å². The Labute approximate surface area is 131 Å². The summed E-state index contributed by atoms with van der Waals surface area (Å²) in [6, 6.07) is 11.9. The third-order valence-corrected chi connectivity index (χ3v) is 3.24. The average Bonchev–Trinajstić information content (AvgIpc) is 3.05. The van der Waals surface area contributed by atoms with Crippen LogP contribution in [-0.4, -0.2) is 31.6 Å². The standard InChI is InChI=1S/C17H23N3O2/c1-4-18-17(19-12-16-6-5-11-22-16)20(2)13-14-7-9-15(21-3)10-8-14/h5-11H,4,12-13H2,1-3H3,(H,18,19). The molecule has 0 amide bonds. The predicted molar refractivity (Wildman–Crippen MR) is 88.0 cm³/mol. The van der Waals surface area contributed by atoms with Gasteiger partial charge in [0.15, 0.2) is 5.96 Å². The number of rotatable bonds is 6. The van der Waals surface area contributed by atoms with E-state index in [0.29, 0.717) is 6.54 Å². The molecule has 5 nitrogen and oxygen atoms in total. The van der Waals surface area contributed by atoms with Gasteiger partial charge in [0.25, 0.3) is 0 Å². The molecule has 1 N–H and O–H groups in total. The van der Waals surface area contributed by atoms with Gasteiger partial charge in [-0.25, -0.2) is 4.99 Å². The second-order valence-electron chi connectivity index (χ2n) is 4.95. The maximum Gasteiger partial charge on any atom is 0.194 e. The quantitative estimate of drug-likeness (QED) is 0.658. The molecule has 22 heavy (non-hydrogen) atoms. The van der Waals surface area contributed by atoms with Gasteiger partial charge in [-0.15, -0.1) is 0 Å². The minimum absolute atomic E-state index is 0.530. The summed E-state index contributed by atoms with van der Waals surface area (Å²) in [6.45, 7) is 4.18. The fraction of sp³-hybridized carbons (Fsp3) is 0.353. The Morgan fingerprint density at radius 1 is 1.27 bits per heavy atom. The maximum atomic E-state index is 5.32. The molecule has 0 atom stereocenters. The Bertz CT molecular complexity index is 576. The Morgan fingerprint density at radius 2 is 2.05 bits per heavy atom. The van der Waals surface area contributed by atoms with Crippen molar-refractivity contribution in [3.05, 3.63) is 54.0 Å². The number of aliphatic imine (C=N–C) groups is 1. The highest BCUT2D eigenvalue weighted by Crippen LogP contribution is 2.12. The van der Waals surface area contributed by atoms with Crippen molar-refractivity contribution in [3.63, 3.8) is 0 Å². The van der Waals surface area contributed by atoms with E-state index in [1.54, 1.807) is 13.4 Å². The van der Waals surface area contributed by atoms with Crippen molar-refractivity contribution in [1.29, 1.82) is 0 Å². The van der Waals surface area contributed by atoms with Crippen LogP contribution in [0.2, 0.25) is 0 Å². The van der Waals surface area contributed by atoms with E-state index in [-0.39, 0.29) is 0 Å². The van der Waals surface area contributed by atoms with Crippen LogP contribution in [0.3, 0.4) is 0 Å². The van der Waals surface area contributed by atoms with Gasteiger partial charge >= 0.3 is 0 Å². The van der Waals surface area contributed by atoms with Crippen LogP contribution < -0.4 is 10.1 Å². The number of hydrogen-bond donors (Lipinski definition) is 1. The van der Waals surface area contributed by atoms with Gasteiger partial charge in [0.05, 0.1) is 13.4 Å². The molecule has 1 aromatic carbocycles. The van der Waals surface area contributed by atoms with Gasteiger partial charge in [0, 0.05) is 20.1 Å². The number of furan rings is 1. The zero-order valence-corrected chi connectivity index (χ0v) is 13.4. The molecule has 2 aromatic rings. The molecule has 2 rings (SSSR count). The van der Waals surface area contributed by atoms with Crippen molar-refractivity contribution in [2.45, 2.75) is 20.0 Å². The Morgan fingerprint density at radius 3 is 2.64 bits per heavy atom. The van der Waals surface area contributed by atoms with E-state index in [0.717, 1.165) is 30.6 Å². The van der Waals surface area contributed by atoms with Crippen LogP contribution in [-0.2, 0) is 13.1 Å². The fourth-order valence-electron chi connectivity index (χ4n) is 2.10. The van der Waals surface area contributed by atoms with Crippen molar-refractivity contribution >= 4 is 5.96 Å². The average molecular weight is 301 g/mol. The monoisotopic (exact) mass is 301 g/mol. The van der Waals surface area contributed by atoms with E-state index < -0.39 is 0 Å². The number of ether oxygens (including phenoxy) is 1. The molecule has 5 heteroatoms. The minimum Gasteiger partial charge on any atom is -0.497 e. The molecular weight excluding hydrogens is 278 g/mol. The Balaban J connectivity index is 2.01. The molecule has 1 heterocycles. The molecule has 0 aliphatic heterocycles. The smallest absolute Gasteiger partial charge is 0.194 e. The predicted octanol–water partition coefficient (Wildman–Crippen LogP) is 2.89. The molecule has 0 unspecified atom stereocenters. The van der Waals surface area contributed by atoms with Crippen LogP contribution in [0.5, 0.6) is 5.75 Å². The molecule has 1 aromatic heterocycles. The summed E-state index contributed by atoms with van der Waals surface area (Å²) in [5.74, 6) is 2.58. The lowest BCUT2D eigenvalue weighted by molar-refractivity contribution is 0.414. The molecule has 0 aliphatic rings. The van der Waals surface area contributed by atoms with E-state index in [4.69, 9.17) is 9.15 Å². The van der Waals surface area contributed by atoms with E-state index in [1.165, 1.54) is 5.56 Å². The highest BCUT2D eigenvalue weighted by atomic mass is 16.5. The van der Waals surface area contributed by atoms with Gasteiger partial charge in [0.1, 0.15) is 18.1 Å². The van der Waals surface area contributed by atoms with Crippen LogP contribution >= 0.6 is 0 Å². The Hall–Kier alpha value is -2.43. The second-order valence-corrected chi connectivity index (χ2v) is 4.95. The summed E-state index contributed by atoms with van der Waals surface area (Å²) in [5.41, 5.74) is 1.20. The lowest BCUT2D eigenvalue weighted by atomic mass is 10.2. The highest BCUT2D eigenvalue weighted by Gasteiger charge is 2.07. The normalized spacial score (nSPS) is 11.3. The summed E-state index contributed by atoms with van der Waals surface area (Å²) < 4.78 is 10.5. The molecular formula is C17H23N3O2. The van der Waals surface area contributed by atoms with Crippen LogP contribution in [0.15, 0.2) is 52.1 Å². The molecule has 0 saturated heterocycles. The molecule has 0 aliphatic carbocycles. The molecule has 0 fully saturated rings. The van der Waals surface area contributed by atoms with Gasteiger partial charge in [-0.3, -0.25) is 0 Å². The molecule has 0 saturated carbocycles. The highest BCUT2D eigenvalue weighted by molar-refractivity contribution is 5.79. The van der Waals surface area contributed by atoms with Crippen LogP contribution in [0, 0.1) is 0 Å². The number of methoxy groups -OCH3 is 1. The molecule has 0 radical (unpaired) electrons. The molecule has 118 valence electrons. The number of hydrogen-bond acceptors (Lipinski definition) is 3. The third-order valence-electron chi connectivity index (χ3n) is 3.24. The van der Waals surface area contributed by atoms with E-state index in [1.807, 2.05) is 31.3 Å². The van der Waals surface area contributed by atoms with Gasteiger partial charge < -0.3 is 19.4 Å². The summed E-state index contributed by atoms with van der Waals surface area (Å²) in [6.07, 6.45) is 1.67. The van der Waals surface area contributed by atoms with E-state index >= 15 is 0 Å². The summed E-state index contributed by atoms with van der Waals surface area (Å²) >= 11 is 0. The largest absolute Gasteiger partial charge is 0.497 e. The second kappa shape index (κ2) is 8.12. The van der Waals surface area contributed by atoms with Gasteiger partial charge in [0.2, 0.25) is 0 Å². The number of nitrogens with one attached hydrogen (secondary N) is 1.